The van der Waals surface area contributed by atoms with Crippen LogP contribution in [0.5, 0.6) is 0 Å². The molecule has 9 heteroatoms. The van der Waals surface area contributed by atoms with E-state index < -0.39 is 21.5 Å². The minimum atomic E-state index is -4.15. The Balaban J connectivity index is 1.87. The van der Waals surface area contributed by atoms with Crippen LogP contribution in [-0.4, -0.2) is 38.7 Å². The lowest BCUT2D eigenvalue weighted by molar-refractivity contribution is -0.00657. The number of anilines is 1. The van der Waals surface area contributed by atoms with E-state index in [1.54, 1.807) is 11.0 Å². The lowest BCUT2D eigenvalue weighted by Gasteiger charge is -2.35. The van der Waals surface area contributed by atoms with Crippen molar-refractivity contribution in [2.75, 3.05) is 18.0 Å². The van der Waals surface area contributed by atoms with Gasteiger partial charge in [-0.1, -0.05) is 12.1 Å². The van der Waals surface area contributed by atoms with E-state index in [4.69, 9.17) is 9.15 Å². The second-order valence-corrected chi connectivity index (χ2v) is 9.09. The standard InChI is InChI=1S/C21H20F2N2O4S/c1-13-11-25(12-14(2)28-13)21-20(30(26,27)16-9-7-15(22)8-10-16)24-19(29-21)17-5-3-4-6-18(17)23/h3-10,13-14H,11-12H2,1-2H3/t13-,14+. The van der Waals surface area contributed by atoms with Crippen LogP contribution in [0.25, 0.3) is 11.5 Å². The molecule has 0 N–H and O–H groups in total. The van der Waals surface area contributed by atoms with E-state index in [1.165, 1.54) is 18.2 Å². The number of morpholine rings is 1. The molecular formula is C21H20F2N2O4S. The normalized spacial score (nSPS) is 19.8. The van der Waals surface area contributed by atoms with Gasteiger partial charge < -0.3 is 14.1 Å². The molecule has 2 atom stereocenters. The second-order valence-electron chi connectivity index (χ2n) is 7.23. The first-order valence-corrected chi connectivity index (χ1v) is 10.9. The number of aromatic nitrogens is 1. The first-order valence-electron chi connectivity index (χ1n) is 9.42. The van der Waals surface area contributed by atoms with E-state index in [1.807, 2.05) is 13.8 Å². The molecule has 1 saturated heterocycles. The molecule has 1 aromatic heterocycles. The van der Waals surface area contributed by atoms with Crippen LogP contribution in [0, 0.1) is 11.6 Å². The fourth-order valence-electron chi connectivity index (χ4n) is 3.49. The van der Waals surface area contributed by atoms with Crippen LogP contribution in [0.15, 0.2) is 62.9 Å². The summed E-state index contributed by atoms with van der Waals surface area (Å²) in [5.41, 5.74) is 0.0497. The molecule has 0 amide bonds. The average molecular weight is 434 g/mol. The number of rotatable bonds is 4. The maximum absolute atomic E-state index is 14.3. The van der Waals surface area contributed by atoms with Crippen LogP contribution < -0.4 is 4.90 Å². The summed E-state index contributed by atoms with van der Waals surface area (Å²) >= 11 is 0. The highest BCUT2D eigenvalue weighted by atomic mass is 32.2. The van der Waals surface area contributed by atoms with Crippen molar-refractivity contribution in [3.8, 4) is 11.5 Å². The number of hydrogen-bond acceptors (Lipinski definition) is 6. The molecule has 1 fully saturated rings. The van der Waals surface area contributed by atoms with Gasteiger partial charge in [-0.15, -0.1) is 0 Å². The van der Waals surface area contributed by atoms with Crippen molar-refractivity contribution < 1.29 is 26.4 Å². The maximum Gasteiger partial charge on any atom is 0.236 e. The summed E-state index contributed by atoms with van der Waals surface area (Å²) in [7, 11) is -4.15. The summed E-state index contributed by atoms with van der Waals surface area (Å²) in [6.07, 6.45) is -0.339. The summed E-state index contributed by atoms with van der Waals surface area (Å²) in [5.74, 6) is -1.27. The second kappa shape index (κ2) is 7.81. The number of hydrogen-bond donors (Lipinski definition) is 0. The highest BCUT2D eigenvalue weighted by molar-refractivity contribution is 7.91. The molecule has 6 nitrogen and oxygen atoms in total. The van der Waals surface area contributed by atoms with Crippen molar-refractivity contribution in [2.45, 2.75) is 36.0 Å². The Bertz CT molecular complexity index is 1150. The maximum atomic E-state index is 14.3. The monoisotopic (exact) mass is 434 g/mol. The van der Waals surface area contributed by atoms with Gasteiger partial charge in [-0.05, 0) is 50.2 Å². The van der Waals surface area contributed by atoms with Gasteiger partial charge in [-0.2, -0.15) is 4.98 Å². The summed E-state index contributed by atoms with van der Waals surface area (Å²) < 4.78 is 65.8. The largest absolute Gasteiger partial charge is 0.419 e. The smallest absolute Gasteiger partial charge is 0.236 e. The zero-order valence-corrected chi connectivity index (χ0v) is 17.2. The van der Waals surface area contributed by atoms with Crippen LogP contribution >= 0.6 is 0 Å². The van der Waals surface area contributed by atoms with Gasteiger partial charge in [0.2, 0.25) is 26.6 Å². The average Bonchev–Trinajstić information content (AvgIpc) is 3.14. The molecule has 1 aliphatic heterocycles. The van der Waals surface area contributed by atoms with Crippen molar-refractivity contribution in [3.63, 3.8) is 0 Å². The number of sulfone groups is 1. The molecule has 30 heavy (non-hydrogen) atoms. The third kappa shape index (κ3) is 3.82. The topological polar surface area (TPSA) is 72.6 Å². The first-order chi connectivity index (χ1) is 14.3. The molecule has 0 unspecified atom stereocenters. The molecule has 0 aliphatic carbocycles. The van der Waals surface area contributed by atoms with Gasteiger partial charge in [0.1, 0.15) is 11.6 Å². The molecule has 0 saturated carbocycles. The predicted octanol–water partition coefficient (Wildman–Crippen LogP) is 4.07. The number of nitrogens with zero attached hydrogens (tertiary/aromatic N) is 2. The van der Waals surface area contributed by atoms with E-state index in [-0.39, 0.29) is 39.5 Å². The number of halogens is 2. The van der Waals surface area contributed by atoms with E-state index >= 15 is 0 Å². The molecule has 0 bridgehead atoms. The van der Waals surface area contributed by atoms with Crippen LogP contribution in [0.4, 0.5) is 14.7 Å². The van der Waals surface area contributed by atoms with Crippen molar-refractivity contribution in [1.29, 1.82) is 0 Å². The van der Waals surface area contributed by atoms with E-state index in [2.05, 4.69) is 4.98 Å². The molecule has 0 spiro atoms. The molecule has 158 valence electrons. The fourth-order valence-corrected chi connectivity index (χ4v) is 4.81. The molecule has 3 aromatic rings. The molecule has 2 heterocycles. The molecular weight excluding hydrogens is 414 g/mol. The van der Waals surface area contributed by atoms with Crippen LogP contribution in [0.2, 0.25) is 0 Å². The van der Waals surface area contributed by atoms with Crippen molar-refractivity contribution >= 4 is 15.7 Å². The summed E-state index contributed by atoms with van der Waals surface area (Å²) in [6.45, 7) is 4.49. The van der Waals surface area contributed by atoms with Crippen LogP contribution in [-0.2, 0) is 14.6 Å². The van der Waals surface area contributed by atoms with E-state index in [0.717, 1.165) is 24.3 Å². The van der Waals surface area contributed by atoms with Crippen molar-refractivity contribution in [3.05, 3.63) is 60.2 Å². The molecule has 4 rings (SSSR count). The highest BCUT2D eigenvalue weighted by Crippen LogP contribution is 2.36. The molecule has 0 radical (unpaired) electrons. The Labute approximate surface area is 173 Å². The third-order valence-corrected chi connectivity index (χ3v) is 6.44. The number of benzene rings is 2. The number of ether oxygens (including phenoxy) is 1. The Kier molecular flexibility index (Phi) is 5.33. The Morgan fingerprint density at radius 2 is 1.63 bits per heavy atom. The van der Waals surface area contributed by atoms with Crippen LogP contribution in [0.1, 0.15) is 13.8 Å². The summed E-state index contributed by atoms with van der Waals surface area (Å²) in [6, 6.07) is 10.3. The van der Waals surface area contributed by atoms with E-state index in [0.29, 0.717) is 13.1 Å². The van der Waals surface area contributed by atoms with Crippen molar-refractivity contribution in [2.24, 2.45) is 0 Å². The molecule has 2 aromatic carbocycles. The highest BCUT2D eigenvalue weighted by Gasteiger charge is 2.34. The molecule has 1 aliphatic rings. The van der Waals surface area contributed by atoms with Gasteiger partial charge in [0.05, 0.1) is 22.7 Å². The minimum Gasteiger partial charge on any atom is -0.419 e. The summed E-state index contributed by atoms with van der Waals surface area (Å²) in [5, 5.41) is -0.339. The third-order valence-electron chi connectivity index (χ3n) is 4.77. The van der Waals surface area contributed by atoms with Crippen LogP contribution in [0.3, 0.4) is 0 Å². The van der Waals surface area contributed by atoms with Gasteiger partial charge >= 0.3 is 0 Å². The van der Waals surface area contributed by atoms with E-state index in [9.17, 15) is 17.2 Å². The quantitative estimate of drug-likeness (QED) is 0.577. The lowest BCUT2D eigenvalue weighted by atomic mass is 10.2. The predicted molar refractivity (Wildman–Crippen MR) is 106 cm³/mol. The zero-order chi connectivity index (χ0) is 21.5. The lowest BCUT2D eigenvalue weighted by Crippen LogP contribution is -2.45. The zero-order valence-electron chi connectivity index (χ0n) is 16.4. The Hall–Kier alpha value is -2.78. The minimum absolute atomic E-state index is 0.0135. The van der Waals surface area contributed by atoms with Gasteiger partial charge in [0.15, 0.2) is 0 Å². The Morgan fingerprint density at radius 1 is 1.00 bits per heavy atom. The fraction of sp³-hybridized carbons (Fsp3) is 0.286. The first kappa shape index (κ1) is 20.5. The number of oxazole rings is 1. The SMILES string of the molecule is C[C@@H]1CN(c2oc(-c3ccccc3F)nc2S(=O)(=O)c2ccc(F)cc2)C[C@H](C)O1. The van der Waals surface area contributed by atoms with Gasteiger partial charge in [0, 0.05) is 13.1 Å². The van der Waals surface area contributed by atoms with Gasteiger partial charge in [-0.3, -0.25) is 0 Å². The van der Waals surface area contributed by atoms with Gasteiger partial charge in [-0.25, -0.2) is 17.2 Å². The van der Waals surface area contributed by atoms with Gasteiger partial charge in [0.25, 0.3) is 0 Å². The van der Waals surface area contributed by atoms with Crippen molar-refractivity contribution in [1.82, 2.24) is 4.98 Å². The Morgan fingerprint density at radius 3 is 2.27 bits per heavy atom. The summed E-state index contributed by atoms with van der Waals surface area (Å²) in [4.78, 5) is 5.76.